The van der Waals surface area contributed by atoms with Gasteiger partial charge in [0, 0.05) is 6.04 Å². The first-order chi connectivity index (χ1) is 8.02. The third-order valence-electron chi connectivity index (χ3n) is 2.50. The quantitative estimate of drug-likeness (QED) is 0.857. The van der Waals surface area contributed by atoms with Gasteiger partial charge in [-0.05, 0) is 44.5 Å². The highest BCUT2D eigenvalue weighted by Crippen LogP contribution is 2.13. The summed E-state index contributed by atoms with van der Waals surface area (Å²) in [6.07, 6.45) is 0.282. The number of halogens is 1. The Kier molecular flexibility index (Phi) is 4.94. The lowest BCUT2D eigenvalue weighted by Gasteiger charge is -2.17. The highest BCUT2D eigenvalue weighted by Gasteiger charge is 2.15. The molecule has 0 radical (unpaired) electrons. The van der Waals surface area contributed by atoms with Crippen molar-refractivity contribution in [3.63, 3.8) is 0 Å². The third-order valence-corrected chi connectivity index (χ3v) is 2.50. The van der Waals surface area contributed by atoms with E-state index in [1.807, 2.05) is 13.8 Å². The van der Waals surface area contributed by atoms with E-state index in [-0.39, 0.29) is 17.8 Å². The van der Waals surface area contributed by atoms with E-state index >= 15 is 0 Å². The van der Waals surface area contributed by atoms with Gasteiger partial charge in [-0.25, -0.2) is 4.39 Å². The molecule has 0 bridgehead atoms. The molecule has 0 heterocycles. The van der Waals surface area contributed by atoms with Crippen LogP contribution in [0.1, 0.15) is 27.2 Å². The molecule has 1 N–H and O–H groups in total. The van der Waals surface area contributed by atoms with E-state index in [2.05, 4.69) is 5.32 Å². The van der Waals surface area contributed by atoms with Gasteiger partial charge >= 0.3 is 0 Å². The molecule has 94 valence electrons. The highest BCUT2D eigenvalue weighted by molar-refractivity contribution is 5.80. The molecule has 17 heavy (non-hydrogen) atoms. The van der Waals surface area contributed by atoms with Gasteiger partial charge < -0.3 is 10.1 Å². The molecule has 0 saturated carbocycles. The molecular formula is C13H18FNO2. The van der Waals surface area contributed by atoms with Gasteiger partial charge in [0.25, 0.3) is 5.91 Å². The summed E-state index contributed by atoms with van der Waals surface area (Å²) in [7, 11) is 0. The summed E-state index contributed by atoms with van der Waals surface area (Å²) in [5.41, 5.74) is 0. The minimum Gasteiger partial charge on any atom is -0.481 e. The Morgan fingerprint density at radius 1 is 1.35 bits per heavy atom. The number of ether oxygens (including phenoxy) is 1. The zero-order chi connectivity index (χ0) is 12.8. The fourth-order valence-electron chi connectivity index (χ4n) is 1.23. The van der Waals surface area contributed by atoms with Crippen LogP contribution >= 0.6 is 0 Å². The molecule has 3 nitrogen and oxygen atoms in total. The van der Waals surface area contributed by atoms with Gasteiger partial charge in [-0.15, -0.1) is 0 Å². The second kappa shape index (κ2) is 6.23. The van der Waals surface area contributed by atoms with E-state index < -0.39 is 6.10 Å². The van der Waals surface area contributed by atoms with Crippen molar-refractivity contribution in [2.75, 3.05) is 0 Å². The van der Waals surface area contributed by atoms with Gasteiger partial charge in [-0.2, -0.15) is 0 Å². The smallest absolute Gasteiger partial charge is 0.260 e. The average molecular weight is 239 g/mol. The van der Waals surface area contributed by atoms with Crippen molar-refractivity contribution < 1.29 is 13.9 Å². The van der Waals surface area contributed by atoms with Crippen LogP contribution in [0.25, 0.3) is 0 Å². The molecule has 0 unspecified atom stereocenters. The van der Waals surface area contributed by atoms with Crippen molar-refractivity contribution in [2.24, 2.45) is 0 Å². The number of carbonyl (C=O) groups is 1. The maximum atomic E-state index is 12.7. The summed E-state index contributed by atoms with van der Waals surface area (Å²) < 4.78 is 18.1. The van der Waals surface area contributed by atoms with E-state index in [0.717, 1.165) is 6.42 Å². The number of hydrogen-bond acceptors (Lipinski definition) is 2. The van der Waals surface area contributed by atoms with Crippen LogP contribution in [0.4, 0.5) is 4.39 Å². The van der Waals surface area contributed by atoms with Gasteiger partial charge in [0.15, 0.2) is 6.10 Å². The minimum atomic E-state index is -0.588. The highest BCUT2D eigenvalue weighted by atomic mass is 19.1. The van der Waals surface area contributed by atoms with E-state index in [1.54, 1.807) is 6.92 Å². The molecule has 0 aromatic heterocycles. The van der Waals surface area contributed by atoms with Crippen LogP contribution in [0.15, 0.2) is 24.3 Å². The van der Waals surface area contributed by atoms with Crippen molar-refractivity contribution in [2.45, 2.75) is 39.3 Å². The molecule has 0 spiro atoms. The van der Waals surface area contributed by atoms with Crippen LogP contribution in [0.5, 0.6) is 5.75 Å². The normalized spacial score (nSPS) is 13.9. The van der Waals surface area contributed by atoms with E-state index in [4.69, 9.17) is 4.74 Å². The van der Waals surface area contributed by atoms with E-state index in [1.165, 1.54) is 24.3 Å². The molecule has 0 saturated heterocycles. The lowest BCUT2D eigenvalue weighted by Crippen LogP contribution is -2.40. The monoisotopic (exact) mass is 239 g/mol. The lowest BCUT2D eigenvalue weighted by molar-refractivity contribution is -0.127. The molecular weight excluding hydrogens is 221 g/mol. The predicted molar refractivity (Wildman–Crippen MR) is 64.4 cm³/mol. The first-order valence-corrected chi connectivity index (χ1v) is 5.75. The SMILES string of the molecule is CC[C@H](C)NC(=O)[C@@H](C)Oc1ccc(F)cc1. The fraction of sp³-hybridized carbons (Fsp3) is 0.462. The Bertz CT molecular complexity index is 364. The van der Waals surface area contributed by atoms with Crippen molar-refractivity contribution in [1.82, 2.24) is 5.32 Å². The number of hydrogen-bond donors (Lipinski definition) is 1. The standard InChI is InChI=1S/C13H18FNO2/c1-4-9(2)15-13(16)10(3)17-12-7-5-11(14)6-8-12/h5-10H,4H2,1-3H3,(H,15,16)/t9-,10+/m0/s1. The number of carbonyl (C=O) groups excluding carboxylic acids is 1. The van der Waals surface area contributed by atoms with Crippen LogP contribution in [0.2, 0.25) is 0 Å². The Hall–Kier alpha value is -1.58. The molecule has 1 rings (SSSR count). The summed E-state index contributed by atoms with van der Waals surface area (Å²) >= 11 is 0. The Morgan fingerprint density at radius 3 is 2.47 bits per heavy atom. The van der Waals surface area contributed by atoms with Crippen LogP contribution in [0.3, 0.4) is 0 Å². The van der Waals surface area contributed by atoms with E-state index in [9.17, 15) is 9.18 Å². The number of amides is 1. The maximum absolute atomic E-state index is 12.7. The molecule has 2 atom stereocenters. The van der Waals surface area contributed by atoms with Gasteiger partial charge in [0.2, 0.25) is 0 Å². The number of nitrogens with one attached hydrogen (secondary N) is 1. The topological polar surface area (TPSA) is 38.3 Å². The van der Waals surface area contributed by atoms with Crippen molar-refractivity contribution >= 4 is 5.91 Å². The third kappa shape index (κ3) is 4.43. The second-order valence-electron chi connectivity index (χ2n) is 4.03. The van der Waals surface area contributed by atoms with Crippen LogP contribution in [-0.2, 0) is 4.79 Å². The second-order valence-corrected chi connectivity index (χ2v) is 4.03. The van der Waals surface area contributed by atoms with Crippen molar-refractivity contribution in [3.8, 4) is 5.75 Å². The predicted octanol–water partition coefficient (Wildman–Crippen LogP) is 2.51. The Balaban J connectivity index is 2.51. The molecule has 1 amide bonds. The molecule has 0 aliphatic carbocycles. The van der Waals surface area contributed by atoms with E-state index in [0.29, 0.717) is 5.75 Å². The maximum Gasteiger partial charge on any atom is 0.260 e. The lowest BCUT2D eigenvalue weighted by atomic mass is 10.2. The van der Waals surface area contributed by atoms with Gasteiger partial charge in [-0.3, -0.25) is 4.79 Å². The largest absolute Gasteiger partial charge is 0.481 e. The first-order valence-electron chi connectivity index (χ1n) is 5.75. The minimum absolute atomic E-state index is 0.127. The Morgan fingerprint density at radius 2 is 1.94 bits per heavy atom. The van der Waals surface area contributed by atoms with Crippen molar-refractivity contribution in [1.29, 1.82) is 0 Å². The average Bonchev–Trinajstić information content (AvgIpc) is 2.31. The molecule has 0 aliphatic rings. The zero-order valence-electron chi connectivity index (χ0n) is 10.4. The summed E-state index contributed by atoms with van der Waals surface area (Å²) in [6, 6.07) is 5.73. The fourth-order valence-corrected chi connectivity index (χ4v) is 1.23. The van der Waals surface area contributed by atoms with Gasteiger partial charge in [0.05, 0.1) is 0 Å². The summed E-state index contributed by atoms with van der Waals surface area (Å²) in [4.78, 5) is 11.7. The van der Waals surface area contributed by atoms with Gasteiger partial charge in [-0.1, -0.05) is 6.92 Å². The summed E-state index contributed by atoms with van der Waals surface area (Å²) in [5, 5.41) is 2.82. The molecule has 1 aromatic rings. The molecule has 0 fully saturated rings. The zero-order valence-corrected chi connectivity index (χ0v) is 10.4. The number of benzene rings is 1. The summed E-state index contributed by atoms with van der Waals surface area (Å²) in [6.45, 7) is 5.60. The molecule has 1 aromatic carbocycles. The first kappa shape index (κ1) is 13.5. The van der Waals surface area contributed by atoms with Crippen LogP contribution < -0.4 is 10.1 Å². The van der Waals surface area contributed by atoms with Gasteiger partial charge in [0.1, 0.15) is 11.6 Å². The van der Waals surface area contributed by atoms with Crippen molar-refractivity contribution in [3.05, 3.63) is 30.1 Å². The number of rotatable bonds is 5. The molecule has 4 heteroatoms. The van der Waals surface area contributed by atoms with Crippen LogP contribution in [-0.4, -0.2) is 18.1 Å². The Labute approximate surface area is 101 Å². The molecule has 0 aliphatic heterocycles. The van der Waals surface area contributed by atoms with Crippen LogP contribution in [0, 0.1) is 5.82 Å². The summed E-state index contributed by atoms with van der Waals surface area (Å²) in [5.74, 6) is -0.00376.